The minimum atomic E-state index is -4.14. The van der Waals surface area contributed by atoms with Gasteiger partial charge < -0.3 is 29.2 Å². The lowest BCUT2D eigenvalue weighted by molar-refractivity contribution is -0.00185. The number of aliphatic hydroxyl groups is 2. The van der Waals surface area contributed by atoms with E-state index >= 15 is 0 Å². The molecule has 3 aromatic rings. The van der Waals surface area contributed by atoms with E-state index in [-0.39, 0.29) is 57.6 Å². The lowest BCUT2D eigenvalue weighted by atomic mass is 9.87. The van der Waals surface area contributed by atoms with Gasteiger partial charge in [0, 0.05) is 6.07 Å². The Balaban J connectivity index is 2.05. The molecule has 0 amide bonds. The number of ether oxygens (including phenoxy) is 4. The summed E-state index contributed by atoms with van der Waals surface area (Å²) in [6, 6.07) is 11.2. The molecule has 0 aliphatic carbocycles. The molecule has 0 spiro atoms. The van der Waals surface area contributed by atoms with Crippen LogP contribution in [0.5, 0.6) is 23.1 Å². The van der Waals surface area contributed by atoms with Crippen molar-refractivity contribution in [2.24, 2.45) is 0 Å². The molecule has 2 aromatic carbocycles. The molecule has 0 aliphatic rings. The Hall–Kier alpha value is -3.16. The number of hydrogen-bond donors (Lipinski definition) is 3. The fraction of sp³-hybridized carbons (Fsp3) is 0.385. The van der Waals surface area contributed by atoms with Crippen molar-refractivity contribution >= 4 is 27.4 Å². The van der Waals surface area contributed by atoms with Crippen LogP contribution in [-0.4, -0.2) is 62.1 Å². The third-order valence-corrected chi connectivity index (χ3v) is 7.11. The topological polar surface area (TPSA) is 149 Å². The van der Waals surface area contributed by atoms with E-state index in [0.29, 0.717) is 5.75 Å². The van der Waals surface area contributed by atoms with Gasteiger partial charge in [0.1, 0.15) is 24.2 Å². The highest BCUT2D eigenvalue weighted by atomic mass is 35.5. The molecule has 1 heterocycles. The molecule has 0 saturated heterocycles. The Labute approximate surface area is 232 Å². The zero-order chi connectivity index (χ0) is 28.8. The number of halogens is 1. The molecule has 3 rings (SSSR count). The van der Waals surface area contributed by atoms with Gasteiger partial charge >= 0.3 is 0 Å². The first-order valence-corrected chi connectivity index (χ1v) is 13.7. The second-order valence-corrected chi connectivity index (χ2v) is 11.5. The summed E-state index contributed by atoms with van der Waals surface area (Å²) >= 11 is 6.31. The van der Waals surface area contributed by atoms with E-state index in [1.807, 2.05) is 20.8 Å². The standard InChI is InChI=1S/C26H32ClN3O8S/c1-26(2,3)16-6-9-19(10-7-16)39(33,34)30-24-23(38-21-12-18(35-4)8-11-20(21)27)25(36-5)29-22(28-24)15-37-14-17(32)13-31/h6-12,17,31-32H,13-15H2,1-5H3,(H,28,29,30). The zero-order valence-electron chi connectivity index (χ0n) is 22.3. The fourth-order valence-electron chi connectivity index (χ4n) is 3.30. The van der Waals surface area contributed by atoms with Crippen LogP contribution in [0.4, 0.5) is 5.82 Å². The number of aromatic nitrogens is 2. The highest BCUT2D eigenvalue weighted by Gasteiger charge is 2.25. The minimum Gasteiger partial charge on any atom is -0.497 e. The van der Waals surface area contributed by atoms with E-state index in [0.717, 1.165) is 5.56 Å². The summed E-state index contributed by atoms with van der Waals surface area (Å²) in [6.45, 7) is 5.18. The van der Waals surface area contributed by atoms with Gasteiger partial charge in [-0.3, -0.25) is 4.72 Å². The van der Waals surface area contributed by atoms with Crippen molar-refractivity contribution in [2.75, 3.05) is 32.2 Å². The van der Waals surface area contributed by atoms with Crippen molar-refractivity contribution in [3.63, 3.8) is 0 Å². The molecular weight excluding hydrogens is 550 g/mol. The molecule has 3 N–H and O–H groups in total. The predicted molar refractivity (Wildman–Crippen MR) is 145 cm³/mol. The smallest absolute Gasteiger partial charge is 0.263 e. The third-order valence-electron chi connectivity index (χ3n) is 5.44. The number of hydrogen-bond acceptors (Lipinski definition) is 10. The molecular formula is C26H32ClN3O8S. The van der Waals surface area contributed by atoms with Crippen LogP contribution in [0.1, 0.15) is 32.2 Å². The first kappa shape index (κ1) is 30.4. The molecule has 1 aromatic heterocycles. The molecule has 0 bridgehead atoms. The number of methoxy groups -OCH3 is 2. The average molecular weight is 582 g/mol. The highest BCUT2D eigenvalue weighted by Crippen LogP contribution is 2.41. The van der Waals surface area contributed by atoms with Gasteiger partial charge in [-0.2, -0.15) is 4.98 Å². The van der Waals surface area contributed by atoms with Crippen molar-refractivity contribution < 1.29 is 37.6 Å². The van der Waals surface area contributed by atoms with E-state index in [1.165, 1.54) is 32.4 Å². The summed E-state index contributed by atoms with van der Waals surface area (Å²) in [6.07, 6.45) is -1.10. The molecule has 0 saturated carbocycles. The van der Waals surface area contributed by atoms with E-state index in [1.54, 1.807) is 24.3 Å². The van der Waals surface area contributed by atoms with Crippen LogP contribution < -0.4 is 18.9 Å². The first-order valence-electron chi connectivity index (χ1n) is 11.8. The quantitative estimate of drug-likeness (QED) is 0.287. The monoisotopic (exact) mass is 581 g/mol. The summed E-state index contributed by atoms with van der Waals surface area (Å²) in [5.41, 5.74) is 0.803. The maximum atomic E-state index is 13.4. The Morgan fingerprint density at radius 1 is 1.05 bits per heavy atom. The number of benzene rings is 2. The molecule has 212 valence electrons. The van der Waals surface area contributed by atoms with Gasteiger partial charge in [0.15, 0.2) is 11.6 Å². The minimum absolute atomic E-state index is 0.00214. The van der Waals surface area contributed by atoms with Crippen molar-refractivity contribution in [2.45, 2.75) is 43.8 Å². The van der Waals surface area contributed by atoms with Gasteiger partial charge in [0.2, 0.25) is 5.75 Å². The van der Waals surface area contributed by atoms with Crippen molar-refractivity contribution in [1.29, 1.82) is 0 Å². The van der Waals surface area contributed by atoms with Crippen LogP contribution in [0.2, 0.25) is 5.02 Å². The highest BCUT2D eigenvalue weighted by molar-refractivity contribution is 7.92. The molecule has 39 heavy (non-hydrogen) atoms. The summed E-state index contributed by atoms with van der Waals surface area (Å²) in [7, 11) is -1.34. The largest absolute Gasteiger partial charge is 0.497 e. The van der Waals surface area contributed by atoms with Crippen LogP contribution >= 0.6 is 11.6 Å². The molecule has 1 unspecified atom stereocenters. The van der Waals surface area contributed by atoms with Gasteiger partial charge in [-0.25, -0.2) is 13.4 Å². The molecule has 0 fully saturated rings. The number of sulfonamides is 1. The molecule has 0 aliphatic heterocycles. The number of rotatable bonds is 12. The Morgan fingerprint density at radius 3 is 2.33 bits per heavy atom. The van der Waals surface area contributed by atoms with Crippen LogP contribution in [-0.2, 0) is 26.8 Å². The molecule has 0 radical (unpaired) electrons. The summed E-state index contributed by atoms with van der Waals surface area (Å²) in [5.74, 6) is 0.127. The molecule has 11 nitrogen and oxygen atoms in total. The van der Waals surface area contributed by atoms with E-state index in [2.05, 4.69) is 14.7 Å². The lowest BCUT2D eigenvalue weighted by Gasteiger charge is -2.20. The first-order chi connectivity index (χ1) is 18.4. The maximum Gasteiger partial charge on any atom is 0.263 e. The van der Waals surface area contributed by atoms with Gasteiger partial charge in [0.25, 0.3) is 15.9 Å². The summed E-state index contributed by atoms with van der Waals surface area (Å²) < 4.78 is 51.1. The Morgan fingerprint density at radius 2 is 1.74 bits per heavy atom. The predicted octanol–water partition coefficient (Wildman–Crippen LogP) is 3.91. The number of nitrogens with one attached hydrogen (secondary N) is 1. The fourth-order valence-corrected chi connectivity index (χ4v) is 4.46. The molecule has 13 heteroatoms. The Kier molecular flexibility index (Phi) is 9.97. The van der Waals surface area contributed by atoms with Gasteiger partial charge in [-0.05, 0) is 35.2 Å². The summed E-state index contributed by atoms with van der Waals surface area (Å²) in [4.78, 5) is 8.54. The average Bonchev–Trinajstić information content (AvgIpc) is 2.90. The number of nitrogens with zero attached hydrogens (tertiary/aromatic N) is 2. The normalized spacial score (nSPS) is 12.6. The lowest BCUT2D eigenvalue weighted by Crippen LogP contribution is -2.20. The molecule has 1 atom stereocenters. The Bertz CT molecular complexity index is 1380. The SMILES string of the molecule is COc1ccc(Cl)c(Oc2c(NS(=O)(=O)c3ccc(C(C)(C)C)cc3)nc(COCC(O)CO)nc2OC)c1. The number of aliphatic hydroxyl groups excluding tert-OH is 2. The van der Waals surface area contributed by atoms with Crippen LogP contribution in [0.3, 0.4) is 0 Å². The van der Waals surface area contributed by atoms with E-state index < -0.39 is 22.7 Å². The van der Waals surface area contributed by atoms with Crippen molar-refractivity contribution in [1.82, 2.24) is 9.97 Å². The number of anilines is 1. The van der Waals surface area contributed by atoms with Crippen molar-refractivity contribution in [3.8, 4) is 23.1 Å². The van der Waals surface area contributed by atoms with Gasteiger partial charge in [0.05, 0.1) is 37.4 Å². The zero-order valence-corrected chi connectivity index (χ0v) is 23.8. The van der Waals surface area contributed by atoms with Crippen LogP contribution in [0.25, 0.3) is 0 Å². The van der Waals surface area contributed by atoms with Gasteiger partial charge in [-0.1, -0.05) is 44.5 Å². The van der Waals surface area contributed by atoms with E-state index in [4.69, 9.17) is 35.7 Å². The second-order valence-electron chi connectivity index (χ2n) is 9.46. The second kappa shape index (κ2) is 12.8. The van der Waals surface area contributed by atoms with Crippen LogP contribution in [0.15, 0.2) is 47.4 Å². The van der Waals surface area contributed by atoms with E-state index in [9.17, 15) is 13.5 Å². The van der Waals surface area contributed by atoms with Gasteiger partial charge in [-0.15, -0.1) is 0 Å². The van der Waals surface area contributed by atoms with Crippen molar-refractivity contribution in [3.05, 3.63) is 58.9 Å². The summed E-state index contributed by atoms with van der Waals surface area (Å²) in [5, 5.41) is 18.8. The third kappa shape index (κ3) is 7.93. The maximum absolute atomic E-state index is 13.4. The van der Waals surface area contributed by atoms with Crippen LogP contribution in [0, 0.1) is 0 Å².